The predicted molar refractivity (Wildman–Crippen MR) is 96.5 cm³/mol. The second-order valence-electron chi connectivity index (χ2n) is 6.93. The van der Waals surface area contributed by atoms with Crippen molar-refractivity contribution >= 4 is 5.96 Å². The maximum atomic E-state index is 5.84. The summed E-state index contributed by atoms with van der Waals surface area (Å²) in [6.07, 6.45) is 6.56. The quantitative estimate of drug-likeness (QED) is 0.497. The molecule has 1 aliphatic rings. The van der Waals surface area contributed by atoms with E-state index in [-0.39, 0.29) is 5.60 Å². The molecule has 1 aromatic carbocycles. The van der Waals surface area contributed by atoms with Gasteiger partial charge in [0.25, 0.3) is 0 Å². The fraction of sp³-hybridized carbons (Fsp3) is 0.526. The maximum absolute atomic E-state index is 5.84. The monoisotopic (exact) mass is 315 g/mol. The minimum absolute atomic E-state index is 0.116. The molecule has 0 amide bonds. The van der Waals surface area contributed by atoms with Crippen molar-refractivity contribution in [3.63, 3.8) is 0 Å². The van der Waals surface area contributed by atoms with Crippen LogP contribution in [0.15, 0.2) is 41.4 Å². The number of hydrogen-bond acceptors (Lipinski definition) is 2. The number of aliphatic imine (C=N–C) groups is 1. The number of rotatable bonds is 5. The number of hydrogen-bond donors (Lipinski definition) is 2. The summed E-state index contributed by atoms with van der Waals surface area (Å²) in [5.74, 6) is 0.857. The molecule has 0 radical (unpaired) electrons. The minimum atomic E-state index is -0.116. The zero-order valence-electron chi connectivity index (χ0n) is 14.7. The van der Waals surface area contributed by atoms with Gasteiger partial charge in [0.2, 0.25) is 0 Å². The highest BCUT2D eigenvalue weighted by Gasteiger charge is 2.12. The SMILES string of the molecule is CN=C(NCc1cccc(COC(C)(C)C)c1)NC1CC=CC1. The Kier molecular flexibility index (Phi) is 6.22. The molecule has 0 saturated carbocycles. The summed E-state index contributed by atoms with van der Waals surface area (Å²) in [4.78, 5) is 4.30. The van der Waals surface area contributed by atoms with Crippen molar-refractivity contribution in [3.05, 3.63) is 47.5 Å². The molecule has 0 aliphatic heterocycles. The number of ether oxygens (including phenoxy) is 1. The van der Waals surface area contributed by atoms with Gasteiger partial charge in [0.15, 0.2) is 5.96 Å². The molecular formula is C19H29N3O. The van der Waals surface area contributed by atoms with Crippen molar-refractivity contribution in [2.24, 2.45) is 4.99 Å². The molecule has 2 N–H and O–H groups in total. The van der Waals surface area contributed by atoms with Gasteiger partial charge in [-0.25, -0.2) is 0 Å². The summed E-state index contributed by atoms with van der Waals surface area (Å²) in [5, 5.41) is 6.83. The first-order chi connectivity index (χ1) is 11.0. The summed E-state index contributed by atoms with van der Waals surface area (Å²) in [6, 6.07) is 8.95. The maximum Gasteiger partial charge on any atom is 0.191 e. The van der Waals surface area contributed by atoms with E-state index in [9.17, 15) is 0 Å². The van der Waals surface area contributed by atoms with Crippen molar-refractivity contribution < 1.29 is 4.74 Å². The van der Waals surface area contributed by atoms with Crippen LogP contribution in [-0.2, 0) is 17.9 Å². The fourth-order valence-corrected chi connectivity index (χ4v) is 2.44. The molecule has 23 heavy (non-hydrogen) atoms. The lowest BCUT2D eigenvalue weighted by atomic mass is 10.1. The van der Waals surface area contributed by atoms with Crippen molar-refractivity contribution in [2.45, 2.75) is 58.4 Å². The summed E-state index contributed by atoms with van der Waals surface area (Å²) < 4.78 is 5.84. The number of guanidine groups is 1. The van der Waals surface area contributed by atoms with Crippen LogP contribution < -0.4 is 10.6 Å². The van der Waals surface area contributed by atoms with Gasteiger partial charge in [0, 0.05) is 19.6 Å². The fourth-order valence-electron chi connectivity index (χ4n) is 2.44. The Balaban J connectivity index is 1.84. The van der Waals surface area contributed by atoms with Gasteiger partial charge >= 0.3 is 0 Å². The third kappa shape index (κ3) is 6.45. The van der Waals surface area contributed by atoms with Crippen LogP contribution in [0.25, 0.3) is 0 Å². The second kappa shape index (κ2) is 8.16. The Bertz CT molecular complexity index is 550. The van der Waals surface area contributed by atoms with Crippen molar-refractivity contribution in [2.75, 3.05) is 7.05 Å². The average molecular weight is 315 g/mol. The van der Waals surface area contributed by atoms with Gasteiger partial charge in [-0.3, -0.25) is 4.99 Å². The molecule has 0 bridgehead atoms. The van der Waals surface area contributed by atoms with Crippen LogP contribution in [0, 0.1) is 0 Å². The Morgan fingerprint density at radius 3 is 2.57 bits per heavy atom. The van der Waals surface area contributed by atoms with Gasteiger partial charge in [0.1, 0.15) is 0 Å². The highest BCUT2D eigenvalue weighted by molar-refractivity contribution is 5.80. The first-order valence-electron chi connectivity index (χ1n) is 8.30. The predicted octanol–water partition coefficient (Wildman–Crippen LogP) is 3.39. The largest absolute Gasteiger partial charge is 0.371 e. The van der Waals surface area contributed by atoms with Gasteiger partial charge < -0.3 is 15.4 Å². The van der Waals surface area contributed by atoms with Crippen molar-refractivity contribution in [1.29, 1.82) is 0 Å². The van der Waals surface area contributed by atoms with E-state index in [1.165, 1.54) is 11.1 Å². The third-order valence-electron chi connectivity index (χ3n) is 3.70. The van der Waals surface area contributed by atoms with Crippen molar-refractivity contribution in [3.8, 4) is 0 Å². The smallest absolute Gasteiger partial charge is 0.191 e. The Morgan fingerprint density at radius 1 is 1.22 bits per heavy atom. The molecule has 0 fully saturated rings. The molecule has 4 heteroatoms. The van der Waals surface area contributed by atoms with E-state index >= 15 is 0 Å². The highest BCUT2D eigenvalue weighted by atomic mass is 16.5. The first kappa shape index (κ1) is 17.5. The minimum Gasteiger partial charge on any atom is -0.371 e. The third-order valence-corrected chi connectivity index (χ3v) is 3.70. The van der Waals surface area contributed by atoms with Crippen LogP contribution in [0.2, 0.25) is 0 Å². The van der Waals surface area contributed by atoms with E-state index in [1.807, 2.05) is 7.05 Å². The van der Waals surface area contributed by atoms with E-state index < -0.39 is 0 Å². The Labute approximate surface area is 140 Å². The number of nitrogens with one attached hydrogen (secondary N) is 2. The van der Waals surface area contributed by atoms with E-state index in [2.05, 4.69) is 72.8 Å². The lowest BCUT2D eigenvalue weighted by Crippen LogP contribution is -2.42. The molecule has 0 spiro atoms. The molecule has 1 aromatic rings. The molecule has 0 saturated heterocycles. The number of nitrogens with zero attached hydrogens (tertiary/aromatic N) is 1. The molecule has 0 unspecified atom stereocenters. The molecule has 4 nitrogen and oxygen atoms in total. The molecule has 1 aliphatic carbocycles. The highest BCUT2D eigenvalue weighted by Crippen LogP contribution is 2.13. The van der Waals surface area contributed by atoms with Crippen LogP contribution in [0.4, 0.5) is 0 Å². The summed E-state index contributed by atoms with van der Waals surface area (Å²) in [5.41, 5.74) is 2.31. The standard InChI is InChI=1S/C19H29N3O/c1-19(2,3)23-14-16-9-7-8-15(12-16)13-21-18(20-4)22-17-10-5-6-11-17/h5-9,12,17H,10-11,13-14H2,1-4H3,(H2,20,21,22). The summed E-state index contributed by atoms with van der Waals surface area (Å²) in [6.45, 7) is 7.62. The van der Waals surface area contributed by atoms with Gasteiger partial charge in [-0.05, 0) is 44.7 Å². The Hall–Kier alpha value is -1.81. The zero-order valence-corrected chi connectivity index (χ0v) is 14.7. The molecule has 0 heterocycles. The van der Waals surface area contributed by atoms with Crippen molar-refractivity contribution in [1.82, 2.24) is 10.6 Å². The molecular weight excluding hydrogens is 286 g/mol. The van der Waals surface area contributed by atoms with Crippen LogP contribution >= 0.6 is 0 Å². The lowest BCUT2D eigenvalue weighted by molar-refractivity contribution is -0.0149. The van der Waals surface area contributed by atoms with Crippen LogP contribution in [-0.4, -0.2) is 24.7 Å². The van der Waals surface area contributed by atoms with Crippen LogP contribution in [0.1, 0.15) is 44.7 Å². The number of benzene rings is 1. The first-order valence-corrected chi connectivity index (χ1v) is 8.30. The second-order valence-corrected chi connectivity index (χ2v) is 6.93. The zero-order chi connectivity index (χ0) is 16.7. The van der Waals surface area contributed by atoms with Gasteiger partial charge in [0.05, 0.1) is 12.2 Å². The van der Waals surface area contributed by atoms with Gasteiger partial charge in [-0.1, -0.05) is 36.4 Å². The van der Waals surface area contributed by atoms with E-state index in [0.29, 0.717) is 12.6 Å². The summed E-state index contributed by atoms with van der Waals surface area (Å²) in [7, 11) is 1.81. The Morgan fingerprint density at radius 2 is 1.91 bits per heavy atom. The summed E-state index contributed by atoms with van der Waals surface area (Å²) >= 11 is 0. The molecule has 0 aromatic heterocycles. The normalized spacial score (nSPS) is 15.9. The van der Waals surface area contributed by atoms with Gasteiger partial charge in [-0.2, -0.15) is 0 Å². The van der Waals surface area contributed by atoms with Crippen LogP contribution in [0.5, 0.6) is 0 Å². The molecule has 2 rings (SSSR count). The van der Waals surface area contributed by atoms with E-state index in [4.69, 9.17) is 4.74 Å². The topological polar surface area (TPSA) is 45.7 Å². The van der Waals surface area contributed by atoms with E-state index in [1.54, 1.807) is 0 Å². The van der Waals surface area contributed by atoms with Crippen LogP contribution in [0.3, 0.4) is 0 Å². The van der Waals surface area contributed by atoms with Gasteiger partial charge in [-0.15, -0.1) is 0 Å². The average Bonchev–Trinajstić information content (AvgIpc) is 3.02. The van der Waals surface area contributed by atoms with E-state index in [0.717, 1.165) is 25.3 Å². The molecule has 0 atom stereocenters. The lowest BCUT2D eigenvalue weighted by Gasteiger charge is -2.20. The molecule has 126 valence electrons.